The number of halogens is 1. The van der Waals surface area contributed by atoms with Crippen molar-refractivity contribution in [2.75, 3.05) is 12.3 Å². The third kappa shape index (κ3) is 4.76. The van der Waals surface area contributed by atoms with E-state index < -0.39 is 26.8 Å². The van der Waals surface area contributed by atoms with E-state index in [1.165, 1.54) is 30.0 Å². The Labute approximate surface area is 208 Å². The van der Waals surface area contributed by atoms with Crippen LogP contribution in [0.5, 0.6) is 0 Å². The third-order valence-corrected chi connectivity index (χ3v) is 9.10. The minimum Gasteiger partial charge on any atom is -0.290 e. The van der Waals surface area contributed by atoms with Gasteiger partial charge in [0.1, 0.15) is 16.8 Å². The summed E-state index contributed by atoms with van der Waals surface area (Å²) in [4.78, 5) is 19.8. The maximum absolute atomic E-state index is 14.6. The van der Waals surface area contributed by atoms with Crippen LogP contribution in [0.3, 0.4) is 0 Å². The van der Waals surface area contributed by atoms with E-state index >= 15 is 0 Å². The molecule has 2 heterocycles. The van der Waals surface area contributed by atoms with Gasteiger partial charge in [-0.2, -0.15) is 4.31 Å². The number of aliphatic imine (C=N–C) groups is 1. The normalized spacial score (nSPS) is 20.0. The highest BCUT2D eigenvalue weighted by atomic mass is 32.2. The highest BCUT2D eigenvalue weighted by Gasteiger charge is 2.43. The summed E-state index contributed by atoms with van der Waals surface area (Å²) in [5, 5.41) is 0.551. The highest BCUT2D eigenvalue weighted by molar-refractivity contribution is 8.13. The van der Waals surface area contributed by atoms with E-state index in [0.29, 0.717) is 11.7 Å². The number of carbonyl (C=O) groups is 1. The second kappa shape index (κ2) is 9.93. The molecule has 35 heavy (non-hydrogen) atoms. The number of hydrogen-bond donors (Lipinski definition) is 0. The van der Waals surface area contributed by atoms with E-state index in [4.69, 9.17) is 0 Å². The van der Waals surface area contributed by atoms with Crippen molar-refractivity contribution in [2.45, 2.75) is 30.3 Å². The predicted molar refractivity (Wildman–Crippen MR) is 135 cm³/mol. The Morgan fingerprint density at radius 3 is 2.40 bits per heavy atom. The molecule has 0 N–H and O–H groups in total. The summed E-state index contributed by atoms with van der Waals surface area (Å²) in [7, 11) is -4.28. The van der Waals surface area contributed by atoms with Crippen LogP contribution in [0.15, 0.2) is 88.8 Å². The minimum atomic E-state index is -4.28. The van der Waals surface area contributed by atoms with E-state index in [0.717, 1.165) is 39.4 Å². The minimum absolute atomic E-state index is 0.00457. The molecule has 0 saturated carbocycles. The van der Waals surface area contributed by atoms with Gasteiger partial charge in [-0.15, -0.1) is 0 Å². The van der Waals surface area contributed by atoms with Gasteiger partial charge in [0.2, 0.25) is 15.9 Å². The molecule has 1 atom stereocenters. The van der Waals surface area contributed by atoms with E-state index in [1.54, 1.807) is 4.90 Å². The zero-order valence-electron chi connectivity index (χ0n) is 18.9. The summed E-state index contributed by atoms with van der Waals surface area (Å²) in [6, 6.07) is 21.1. The van der Waals surface area contributed by atoms with Gasteiger partial charge in [0.15, 0.2) is 5.17 Å². The third-order valence-electron chi connectivity index (χ3n) is 6.15. The van der Waals surface area contributed by atoms with Crippen molar-refractivity contribution >= 4 is 38.5 Å². The van der Waals surface area contributed by atoms with Crippen LogP contribution in [0.1, 0.15) is 17.5 Å². The van der Waals surface area contributed by atoms with Crippen LogP contribution in [-0.2, 0) is 27.8 Å². The molecule has 0 unspecified atom stereocenters. The maximum Gasteiger partial charge on any atom is 0.247 e. The van der Waals surface area contributed by atoms with E-state index in [9.17, 15) is 17.6 Å². The lowest BCUT2D eigenvalue weighted by Gasteiger charge is -2.38. The monoisotopic (exact) mass is 509 g/mol. The average molecular weight is 510 g/mol. The number of sulfonamides is 1. The molecule has 2 aliphatic heterocycles. The van der Waals surface area contributed by atoms with E-state index in [-0.39, 0.29) is 18.9 Å². The summed E-state index contributed by atoms with van der Waals surface area (Å²) < 4.78 is 43.1. The van der Waals surface area contributed by atoms with Crippen LogP contribution >= 0.6 is 11.8 Å². The van der Waals surface area contributed by atoms with Crippen LogP contribution in [-0.4, -0.2) is 47.0 Å². The number of nitrogens with zero attached hydrogens (tertiary/aromatic N) is 3. The Balaban J connectivity index is 1.55. The molecular formula is C26H24FN3O3S2. The molecular weight excluding hydrogens is 485 g/mol. The van der Waals surface area contributed by atoms with Gasteiger partial charge in [-0.1, -0.05) is 66.4 Å². The fourth-order valence-electron chi connectivity index (χ4n) is 4.39. The van der Waals surface area contributed by atoms with Crippen LogP contribution in [0.4, 0.5) is 10.1 Å². The predicted octanol–water partition coefficient (Wildman–Crippen LogP) is 4.59. The first-order valence-corrected chi connectivity index (χ1v) is 13.8. The summed E-state index contributed by atoms with van der Waals surface area (Å²) in [6.45, 7) is 0.443. The molecule has 5 rings (SSSR count). The molecule has 1 amide bonds. The second-order valence-corrected chi connectivity index (χ2v) is 11.3. The summed E-state index contributed by atoms with van der Waals surface area (Å²) in [5.41, 5.74) is 2.44. The standard InChI is InChI=1S/C26H24FN3O3S2/c27-22-13-6-7-14-24(22)35(32,33)30-18-20-10-5-4-9-19(20)17-23(30)25(31)29-15-8-16-34-26(29)28-21-11-2-1-3-12-21/h1-7,9-14,23H,8,15-18H2/t23-/m1/s1. The molecule has 0 bridgehead atoms. The lowest BCUT2D eigenvalue weighted by Crippen LogP contribution is -2.55. The van der Waals surface area contributed by atoms with Gasteiger partial charge in [0.25, 0.3) is 0 Å². The molecule has 180 valence electrons. The van der Waals surface area contributed by atoms with Gasteiger partial charge in [-0.05, 0) is 48.2 Å². The molecule has 6 nitrogen and oxygen atoms in total. The van der Waals surface area contributed by atoms with E-state index in [2.05, 4.69) is 4.99 Å². The molecule has 0 radical (unpaired) electrons. The van der Waals surface area contributed by atoms with Gasteiger partial charge in [-0.25, -0.2) is 17.8 Å². The van der Waals surface area contributed by atoms with Gasteiger partial charge in [-0.3, -0.25) is 9.69 Å². The first-order chi connectivity index (χ1) is 16.9. The topological polar surface area (TPSA) is 70.1 Å². The van der Waals surface area contributed by atoms with Crippen molar-refractivity contribution in [3.8, 4) is 0 Å². The summed E-state index contributed by atoms with van der Waals surface area (Å²) >= 11 is 1.48. The van der Waals surface area contributed by atoms with Crippen molar-refractivity contribution in [1.82, 2.24) is 9.21 Å². The van der Waals surface area contributed by atoms with Crippen molar-refractivity contribution in [3.05, 3.63) is 95.8 Å². The van der Waals surface area contributed by atoms with Gasteiger partial charge in [0, 0.05) is 18.8 Å². The number of amidine groups is 1. The molecule has 3 aromatic carbocycles. The second-order valence-electron chi connectivity index (χ2n) is 8.39. The number of rotatable bonds is 4. The first-order valence-electron chi connectivity index (χ1n) is 11.4. The maximum atomic E-state index is 14.6. The first kappa shape index (κ1) is 23.7. The van der Waals surface area contributed by atoms with Crippen molar-refractivity contribution in [1.29, 1.82) is 0 Å². The van der Waals surface area contributed by atoms with Crippen molar-refractivity contribution in [2.24, 2.45) is 4.99 Å². The molecule has 0 aliphatic carbocycles. The largest absolute Gasteiger partial charge is 0.290 e. The smallest absolute Gasteiger partial charge is 0.247 e. The van der Waals surface area contributed by atoms with Crippen LogP contribution in [0.25, 0.3) is 0 Å². The van der Waals surface area contributed by atoms with Crippen LogP contribution < -0.4 is 0 Å². The molecule has 2 aliphatic rings. The number of thioether (sulfide) groups is 1. The van der Waals surface area contributed by atoms with Crippen molar-refractivity contribution in [3.63, 3.8) is 0 Å². The SMILES string of the molecule is O=C([C@H]1Cc2ccccc2CN1S(=O)(=O)c1ccccc1F)N1CCCSC1=Nc1ccccc1. The van der Waals surface area contributed by atoms with Crippen LogP contribution in [0, 0.1) is 5.82 Å². The lowest BCUT2D eigenvalue weighted by molar-refractivity contribution is -0.131. The van der Waals surface area contributed by atoms with Crippen LogP contribution in [0.2, 0.25) is 0 Å². The fourth-order valence-corrected chi connectivity index (χ4v) is 6.98. The van der Waals surface area contributed by atoms with E-state index in [1.807, 2.05) is 54.6 Å². The van der Waals surface area contributed by atoms with Crippen molar-refractivity contribution < 1.29 is 17.6 Å². The average Bonchev–Trinajstić information content (AvgIpc) is 2.88. The molecule has 1 fully saturated rings. The number of hydrogen-bond acceptors (Lipinski definition) is 5. The Hall–Kier alpha value is -3.01. The zero-order valence-corrected chi connectivity index (χ0v) is 20.5. The Bertz CT molecular complexity index is 1380. The quantitative estimate of drug-likeness (QED) is 0.516. The fraction of sp³-hybridized carbons (Fsp3) is 0.231. The molecule has 3 aromatic rings. The molecule has 9 heteroatoms. The lowest BCUT2D eigenvalue weighted by atomic mass is 9.95. The number of para-hydroxylation sites is 1. The molecule has 0 aromatic heterocycles. The Morgan fingerprint density at radius 1 is 0.943 bits per heavy atom. The number of benzene rings is 3. The molecule has 0 spiro atoms. The summed E-state index contributed by atoms with van der Waals surface area (Å²) in [6.07, 6.45) is 0.982. The zero-order chi connectivity index (χ0) is 24.4. The summed E-state index contributed by atoms with van der Waals surface area (Å²) in [5.74, 6) is -0.362. The number of carbonyl (C=O) groups excluding carboxylic acids is 1. The molecule has 1 saturated heterocycles. The van der Waals surface area contributed by atoms with Gasteiger partial charge in [0.05, 0.1) is 5.69 Å². The number of amides is 1. The van der Waals surface area contributed by atoms with Gasteiger partial charge >= 0.3 is 0 Å². The van der Waals surface area contributed by atoms with Gasteiger partial charge < -0.3 is 0 Å². The number of fused-ring (bicyclic) bond motifs is 1. The highest BCUT2D eigenvalue weighted by Crippen LogP contribution is 2.32. The Kier molecular flexibility index (Phi) is 6.73. The Morgan fingerprint density at radius 2 is 1.63 bits per heavy atom.